The molecule has 1 N–H and O–H groups in total. The van der Waals surface area contributed by atoms with Crippen molar-refractivity contribution in [2.24, 2.45) is 0 Å². The van der Waals surface area contributed by atoms with Crippen LogP contribution < -0.4 is 0 Å². The minimum atomic E-state index is 0.322. The highest BCUT2D eigenvalue weighted by Crippen LogP contribution is 2.02. The van der Waals surface area contributed by atoms with Gasteiger partial charge in [0.2, 0.25) is 0 Å². The second-order valence-corrected chi connectivity index (χ2v) is 3.74. The topological polar surface area (TPSA) is 20.2 Å². The fourth-order valence-corrected chi connectivity index (χ4v) is 1.15. The fraction of sp³-hybridized carbons (Fsp3) is 0.467. The molecule has 1 aromatic rings. The minimum absolute atomic E-state index is 0.322. The number of benzene rings is 1. The van der Waals surface area contributed by atoms with Gasteiger partial charge in [0.15, 0.2) is 0 Å². The third-order valence-electron chi connectivity index (χ3n) is 2.10. The number of hydrogen-bond donors (Lipinski definition) is 1. The Kier molecular flexibility index (Phi) is 10.9. The normalized spacial score (nSPS) is 9.88. The maximum Gasteiger partial charge on any atom is 0.115 e. The largest absolute Gasteiger partial charge is 0.508 e. The Labute approximate surface area is 99.8 Å². The number of phenolic OH excluding ortho intramolecular Hbond substituents is 1. The van der Waals surface area contributed by atoms with E-state index >= 15 is 0 Å². The lowest BCUT2D eigenvalue weighted by molar-refractivity contribution is 0.475. The molecular weight excluding hydrogens is 196 g/mol. The summed E-state index contributed by atoms with van der Waals surface area (Å²) in [4.78, 5) is 0. The second kappa shape index (κ2) is 11.8. The van der Waals surface area contributed by atoms with E-state index < -0.39 is 0 Å². The van der Waals surface area contributed by atoms with Gasteiger partial charge >= 0.3 is 0 Å². The first-order valence-electron chi connectivity index (χ1n) is 6.20. The van der Waals surface area contributed by atoms with Crippen LogP contribution in [0.1, 0.15) is 46.0 Å². The molecule has 0 fully saturated rings. The molecule has 0 aliphatic heterocycles. The van der Waals surface area contributed by atoms with Crippen LogP contribution in [0.25, 0.3) is 0 Å². The summed E-state index contributed by atoms with van der Waals surface area (Å²) < 4.78 is 0. The molecule has 0 unspecified atom stereocenters. The zero-order valence-electron chi connectivity index (χ0n) is 10.5. The van der Waals surface area contributed by atoms with E-state index in [0.717, 1.165) is 0 Å². The number of allylic oxidation sites excluding steroid dienone is 2. The van der Waals surface area contributed by atoms with E-state index in [1.165, 1.54) is 32.1 Å². The summed E-state index contributed by atoms with van der Waals surface area (Å²) in [7, 11) is 0. The van der Waals surface area contributed by atoms with Crippen LogP contribution in [0.5, 0.6) is 5.75 Å². The standard InChI is InChI=1S/C9H18.C6H6O/c1-3-5-7-9-8-6-4-2;7-6-4-2-1-3-5-6/h7,9H,3-6,8H2,1-2H3;1-5,7H. The summed E-state index contributed by atoms with van der Waals surface area (Å²) in [5, 5.41) is 8.63. The first-order valence-corrected chi connectivity index (χ1v) is 6.20. The SMILES string of the molecule is CCCC=CCCCC.Oc1ccccc1. The molecule has 0 saturated carbocycles. The molecule has 0 atom stereocenters. The second-order valence-electron chi connectivity index (χ2n) is 3.74. The summed E-state index contributed by atoms with van der Waals surface area (Å²) in [6.45, 7) is 4.44. The van der Waals surface area contributed by atoms with E-state index in [0.29, 0.717) is 5.75 Å². The van der Waals surface area contributed by atoms with E-state index in [1.807, 2.05) is 6.07 Å². The molecule has 0 spiro atoms. The van der Waals surface area contributed by atoms with Crippen LogP contribution in [-0.2, 0) is 0 Å². The molecule has 16 heavy (non-hydrogen) atoms. The van der Waals surface area contributed by atoms with Crippen molar-refractivity contribution in [1.29, 1.82) is 0 Å². The zero-order chi connectivity index (χ0) is 12.1. The maximum absolute atomic E-state index is 8.63. The molecular formula is C15H24O. The molecule has 0 aliphatic rings. The summed E-state index contributed by atoms with van der Waals surface area (Å²) in [5.74, 6) is 0.322. The van der Waals surface area contributed by atoms with Crippen molar-refractivity contribution in [2.45, 2.75) is 46.0 Å². The van der Waals surface area contributed by atoms with Crippen molar-refractivity contribution in [1.82, 2.24) is 0 Å². The lowest BCUT2D eigenvalue weighted by Crippen LogP contribution is -1.66. The number of unbranched alkanes of at least 4 members (excludes halogenated alkanes) is 3. The number of aromatic hydroxyl groups is 1. The van der Waals surface area contributed by atoms with Gasteiger partial charge in [-0.15, -0.1) is 0 Å². The number of phenols is 1. The third kappa shape index (κ3) is 10.8. The van der Waals surface area contributed by atoms with Crippen molar-refractivity contribution >= 4 is 0 Å². The highest BCUT2D eigenvalue weighted by atomic mass is 16.3. The van der Waals surface area contributed by atoms with Gasteiger partial charge < -0.3 is 5.11 Å². The molecule has 0 aromatic heterocycles. The Hall–Kier alpha value is -1.24. The van der Waals surface area contributed by atoms with Crippen LogP contribution in [0.4, 0.5) is 0 Å². The molecule has 0 saturated heterocycles. The van der Waals surface area contributed by atoms with Crippen molar-refractivity contribution in [3.8, 4) is 5.75 Å². The van der Waals surface area contributed by atoms with Gasteiger partial charge in [-0.05, 0) is 25.0 Å². The molecule has 0 aliphatic carbocycles. The molecule has 90 valence electrons. The van der Waals surface area contributed by atoms with E-state index in [-0.39, 0.29) is 0 Å². The van der Waals surface area contributed by atoms with Crippen LogP contribution in [0.3, 0.4) is 0 Å². The average Bonchev–Trinajstić information content (AvgIpc) is 2.31. The van der Waals surface area contributed by atoms with Crippen molar-refractivity contribution < 1.29 is 5.11 Å². The molecule has 0 bridgehead atoms. The first-order chi connectivity index (χ1) is 7.81. The molecule has 0 amide bonds. The summed E-state index contributed by atoms with van der Waals surface area (Å²) in [6, 6.07) is 8.71. The number of rotatable bonds is 5. The molecule has 0 radical (unpaired) electrons. The van der Waals surface area contributed by atoms with Crippen LogP contribution in [0, 0.1) is 0 Å². The quantitative estimate of drug-likeness (QED) is 0.551. The molecule has 1 heteroatoms. The van der Waals surface area contributed by atoms with Crippen LogP contribution in [0.15, 0.2) is 42.5 Å². The zero-order valence-corrected chi connectivity index (χ0v) is 10.5. The highest BCUT2D eigenvalue weighted by molar-refractivity contribution is 5.18. The number of para-hydroxylation sites is 1. The minimum Gasteiger partial charge on any atom is -0.508 e. The van der Waals surface area contributed by atoms with Gasteiger partial charge in [-0.25, -0.2) is 0 Å². The lowest BCUT2D eigenvalue weighted by atomic mass is 10.2. The van der Waals surface area contributed by atoms with Gasteiger partial charge in [0.05, 0.1) is 0 Å². The van der Waals surface area contributed by atoms with Crippen molar-refractivity contribution in [3.05, 3.63) is 42.5 Å². The van der Waals surface area contributed by atoms with E-state index in [1.54, 1.807) is 24.3 Å². The van der Waals surface area contributed by atoms with E-state index in [2.05, 4.69) is 26.0 Å². The number of hydrogen-bond acceptors (Lipinski definition) is 1. The Morgan fingerprint density at radius 2 is 1.56 bits per heavy atom. The Balaban J connectivity index is 0.000000288. The predicted octanol–water partition coefficient (Wildman–Crippen LogP) is 4.93. The van der Waals surface area contributed by atoms with Crippen molar-refractivity contribution in [3.63, 3.8) is 0 Å². The monoisotopic (exact) mass is 220 g/mol. The Bertz CT molecular complexity index is 251. The molecule has 1 rings (SSSR count). The lowest BCUT2D eigenvalue weighted by Gasteiger charge is -1.87. The smallest absolute Gasteiger partial charge is 0.115 e. The van der Waals surface area contributed by atoms with Gasteiger partial charge in [-0.1, -0.05) is 63.5 Å². The summed E-state index contributed by atoms with van der Waals surface area (Å²) in [6.07, 6.45) is 11.1. The van der Waals surface area contributed by atoms with Crippen LogP contribution in [0.2, 0.25) is 0 Å². The molecule has 1 nitrogen and oxygen atoms in total. The van der Waals surface area contributed by atoms with Gasteiger partial charge in [-0.2, -0.15) is 0 Å². The highest BCUT2D eigenvalue weighted by Gasteiger charge is 1.76. The Morgan fingerprint density at radius 3 is 2.00 bits per heavy atom. The van der Waals surface area contributed by atoms with Crippen molar-refractivity contribution in [2.75, 3.05) is 0 Å². The van der Waals surface area contributed by atoms with Gasteiger partial charge in [0, 0.05) is 0 Å². The predicted molar refractivity (Wildman–Crippen MR) is 71.7 cm³/mol. The van der Waals surface area contributed by atoms with E-state index in [9.17, 15) is 0 Å². The van der Waals surface area contributed by atoms with Gasteiger partial charge in [0.1, 0.15) is 5.75 Å². The van der Waals surface area contributed by atoms with Crippen LogP contribution >= 0.6 is 0 Å². The fourth-order valence-electron chi connectivity index (χ4n) is 1.15. The summed E-state index contributed by atoms with van der Waals surface area (Å²) in [5.41, 5.74) is 0. The molecule has 1 aromatic carbocycles. The van der Waals surface area contributed by atoms with E-state index in [4.69, 9.17) is 5.11 Å². The maximum atomic E-state index is 8.63. The summed E-state index contributed by atoms with van der Waals surface area (Å²) >= 11 is 0. The Morgan fingerprint density at radius 1 is 0.938 bits per heavy atom. The van der Waals surface area contributed by atoms with Crippen LogP contribution in [-0.4, -0.2) is 5.11 Å². The molecule has 0 heterocycles. The first kappa shape index (κ1) is 14.8. The average molecular weight is 220 g/mol. The third-order valence-corrected chi connectivity index (χ3v) is 2.10. The van der Waals surface area contributed by atoms with Gasteiger partial charge in [0.25, 0.3) is 0 Å². The van der Waals surface area contributed by atoms with Gasteiger partial charge in [-0.3, -0.25) is 0 Å².